The molecule has 2 heterocycles. The van der Waals surface area contributed by atoms with E-state index in [1.54, 1.807) is 12.3 Å². The second kappa shape index (κ2) is 9.53. The van der Waals surface area contributed by atoms with Crippen molar-refractivity contribution in [2.24, 2.45) is 5.92 Å². The molecule has 0 radical (unpaired) electrons. The van der Waals surface area contributed by atoms with E-state index in [4.69, 9.17) is 4.74 Å². The molecule has 0 amide bonds. The summed E-state index contributed by atoms with van der Waals surface area (Å²) < 4.78 is 7.34. The molecule has 0 aliphatic carbocycles. The lowest BCUT2D eigenvalue weighted by Gasteiger charge is -2.11. The van der Waals surface area contributed by atoms with E-state index in [2.05, 4.69) is 23.4 Å². The summed E-state index contributed by atoms with van der Waals surface area (Å²) in [4.78, 5) is 29.1. The minimum Gasteiger partial charge on any atom is -0.454 e. The van der Waals surface area contributed by atoms with Gasteiger partial charge in [-0.1, -0.05) is 38.1 Å². The van der Waals surface area contributed by atoms with Crippen molar-refractivity contribution in [2.75, 3.05) is 6.61 Å². The van der Waals surface area contributed by atoms with Gasteiger partial charge in [0, 0.05) is 46.7 Å². The van der Waals surface area contributed by atoms with Crippen LogP contribution in [0.1, 0.15) is 47.6 Å². The number of aryl methyl sites for hydroxylation is 1. The average molecular weight is 405 g/mol. The summed E-state index contributed by atoms with van der Waals surface area (Å²) in [6.07, 6.45) is 5.77. The van der Waals surface area contributed by atoms with Crippen molar-refractivity contribution < 1.29 is 14.3 Å². The molecular weight excluding hydrogens is 376 g/mol. The topological polar surface area (TPSA) is 61.2 Å². The summed E-state index contributed by atoms with van der Waals surface area (Å²) in [5.74, 6) is -0.146. The standard InChI is InChI=1S/C25H28N2O3/c1-17(2)12-14-27-18(3)15-22(19(27)4)23(28)16-30-24(29)11-10-21-8-5-7-20-9-6-13-26-25(20)21/h5-11,13,15,17H,12,14,16H2,1-4H3. The van der Waals surface area contributed by atoms with E-state index in [1.807, 2.05) is 50.2 Å². The number of rotatable bonds is 8. The minimum atomic E-state index is -0.551. The van der Waals surface area contributed by atoms with Crippen LogP contribution in [0.4, 0.5) is 0 Å². The van der Waals surface area contributed by atoms with Crippen LogP contribution in [0.25, 0.3) is 17.0 Å². The van der Waals surface area contributed by atoms with Gasteiger partial charge in [0.05, 0.1) is 5.52 Å². The molecule has 3 aromatic rings. The first kappa shape index (κ1) is 21.5. The lowest BCUT2D eigenvalue weighted by atomic mass is 10.1. The number of ether oxygens (including phenoxy) is 1. The van der Waals surface area contributed by atoms with Gasteiger partial charge in [0.15, 0.2) is 6.61 Å². The Bertz CT molecular complexity index is 1090. The zero-order chi connectivity index (χ0) is 21.7. The van der Waals surface area contributed by atoms with Crippen molar-refractivity contribution in [3.63, 3.8) is 0 Å². The van der Waals surface area contributed by atoms with E-state index in [0.717, 1.165) is 40.8 Å². The van der Waals surface area contributed by atoms with Crippen LogP contribution < -0.4 is 0 Å². The molecule has 5 heteroatoms. The predicted molar refractivity (Wildman–Crippen MR) is 119 cm³/mol. The van der Waals surface area contributed by atoms with E-state index in [9.17, 15) is 9.59 Å². The normalized spacial score (nSPS) is 11.5. The van der Waals surface area contributed by atoms with E-state index in [-0.39, 0.29) is 12.4 Å². The zero-order valence-corrected chi connectivity index (χ0v) is 18.0. The molecule has 0 saturated heterocycles. The number of benzene rings is 1. The highest BCUT2D eigenvalue weighted by Crippen LogP contribution is 2.19. The van der Waals surface area contributed by atoms with Gasteiger partial charge in [0.1, 0.15) is 0 Å². The molecule has 3 rings (SSSR count). The number of ketones is 1. The van der Waals surface area contributed by atoms with Gasteiger partial charge in [-0.3, -0.25) is 9.78 Å². The molecular formula is C25H28N2O3. The number of para-hydroxylation sites is 1. The van der Waals surface area contributed by atoms with Crippen LogP contribution in [-0.4, -0.2) is 27.9 Å². The number of nitrogens with zero attached hydrogens (tertiary/aromatic N) is 2. The van der Waals surface area contributed by atoms with Crippen LogP contribution in [0, 0.1) is 19.8 Å². The Hall–Kier alpha value is -3.21. The molecule has 5 nitrogen and oxygen atoms in total. The smallest absolute Gasteiger partial charge is 0.331 e. The van der Waals surface area contributed by atoms with Gasteiger partial charge in [-0.2, -0.15) is 0 Å². The second-order valence-corrected chi connectivity index (χ2v) is 7.91. The van der Waals surface area contributed by atoms with Crippen LogP contribution in [0.2, 0.25) is 0 Å². The molecule has 0 aliphatic rings. The minimum absolute atomic E-state index is 0.188. The van der Waals surface area contributed by atoms with Crippen LogP contribution in [0.15, 0.2) is 48.7 Å². The van der Waals surface area contributed by atoms with Crippen molar-refractivity contribution in [1.82, 2.24) is 9.55 Å². The van der Waals surface area contributed by atoms with Crippen LogP contribution >= 0.6 is 0 Å². The summed E-state index contributed by atoms with van der Waals surface area (Å²) in [5, 5.41) is 0.996. The molecule has 2 aromatic heterocycles. The summed E-state index contributed by atoms with van der Waals surface area (Å²) in [6.45, 7) is 8.91. The number of carbonyl (C=O) groups is 2. The molecule has 0 spiro atoms. The number of hydrogen-bond donors (Lipinski definition) is 0. The Labute approximate surface area is 177 Å². The SMILES string of the molecule is Cc1cc(C(=O)COC(=O)C=Cc2cccc3cccnc23)c(C)n1CCC(C)C. The molecule has 30 heavy (non-hydrogen) atoms. The Morgan fingerprint density at radius 3 is 2.70 bits per heavy atom. The number of pyridine rings is 1. The first-order chi connectivity index (χ1) is 14.4. The van der Waals surface area contributed by atoms with E-state index in [1.165, 1.54) is 6.08 Å². The van der Waals surface area contributed by atoms with Crippen molar-refractivity contribution >= 4 is 28.7 Å². The number of esters is 1. The molecule has 0 fully saturated rings. The van der Waals surface area contributed by atoms with Gasteiger partial charge in [-0.25, -0.2) is 4.79 Å². The number of fused-ring (bicyclic) bond motifs is 1. The number of aromatic nitrogens is 2. The third-order valence-electron chi connectivity index (χ3n) is 5.21. The van der Waals surface area contributed by atoms with E-state index >= 15 is 0 Å². The summed E-state index contributed by atoms with van der Waals surface area (Å²) in [6, 6.07) is 11.5. The fourth-order valence-corrected chi connectivity index (χ4v) is 3.50. The number of hydrogen-bond acceptors (Lipinski definition) is 4. The summed E-state index contributed by atoms with van der Waals surface area (Å²) in [5.41, 5.74) is 4.23. The lowest BCUT2D eigenvalue weighted by molar-refractivity contribution is -0.136. The molecule has 0 aliphatic heterocycles. The molecule has 0 N–H and O–H groups in total. The van der Waals surface area contributed by atoms with Crippen molar-refractivity contribution in [2.45, 2.75) is 40.7 Å². The van der Waals surface area contributed by atoms with Gasteiger partial charge in [-0.15, -0.1) is 0 Å². The third-order valence-corrected chi connectivity index (χ3v) is 5.21. The Kier molecular flexibility index (Phi) is 6.83. The predicted octanol–water partition coefficient (Wildman–Crippen LogP) is 5.14. The van der Waals surface area contributed by atoms with Gasteiger partial charge >= 0.3 is 5.97 Å². The lowest BCUT2D eigenvalue weighted by Crippen LogP contribution is -2.14. The fourth-order valence-electron chi connectivity index (χ4n) is 3.50. The quantitative estimate of drug-likeness (QED) is 0.296. The van der Waals surface area contributed by atoms with Crippen LogP contribution in [0.3, 0.4) is 0 Å². The average Bonchev–Trinajstić information content (AvgIpc) is 3.02. The maximum atomic E-state index is 12.6. The van der Waals surface area contributed by atoms with E-state index in [0.29, 0.717) is 11.5 Å². The fraction of sp³-hybridized carbons (Fsp3) is 0.320. The Balaban J connectivity index is 1.63. The molecule has 0 saturated carbocycles. The maximum absolute atomic E-state index is 12.6. The van der Waals surface area contributed by atoms with Gasteiger partial charge in [0.2, 0.25) is 5.78 Å². The third kappa shape index (κ3) is 5.03. The molecule has 0 atom stereocenters. The highest BCUT2D eigenvalue weighted by molar-refractivity contribution is 6.00. The second-order valence-electron chi connectivity index (χ2n) is 7.91. The Morgan fingerprint density at radius 1 is 1.17 bits per heavy atom. The van der Waals surface area contributed by atoms with Gasteiger partial charge < -0.3 is 9.30 Å². The summed E-state index contributed by atoms with van der Waals surface area (Å²) >= 11 is 0. The molecule has 0 bridgehead atoms. The number of Topliss-reactive ketones (excluding diaryl/α,β-unsaturated/α-hetero) is 1. The summed E-state index contributed by atoms with van der Waals surface area (Å²) in [7, 11) is 0. The van der Waals surface area contributed by atoms with Crippen molar-refractivity contribution in [1.29, 1.82) is 0 Å². The zero-order valence-electron chi connectivity index (χ0n) is 18.0. The first-order valence-electron chi connectivity index (χ1n) is 10.3. The molecule has 156 valence electrons. The van der Waals surface area contributed by atoms with Crippen LogP contribution in [-0.2, 0) is 16.1 Å². The van der Waals surface area contributed by atoms with Gasteiger partial charge in [-0.05, 0) is 44.4 Å². The number of carbonyl (C=O) groups excluding carboxylic acids is 2. The van der Waals surface area contributed by atoms with Crippen molar-refractivity contribution in [3.05, 3.63) is 71.2 Å². The first-order valence-corrected chi connectivity index (χ1v) is 10.3. The molecule has 1 aromatic carbocycles. The van der Waals surface area contributed by atoms with Gasteiger partial charge in [0.25, 0.3) is 0 Å². The highest BCUT2D eigenvalue weighted by Gasteiger charge is 2.17. The van der Waals surface area contributed by atoms with E-state index < -0.39 is 5.97 Å². The van der Waals surface area contributed by atoms with Crippen molar-refractivity contribution in [3.8, 4) is 0 Å². The Morgan fingerprint density at radius 2 is 1.93 bits per heavy atom. The largest absolute Gasteiger partial charge is 0.454 e. The highest BCUT2D eigenvalue weighted by atomic mass is 16.5. The monoisotopic (exact) mass is 404 g/mol. The molecule has 0 unspecified atom stereocenters. The maximum Gasteiger partial charge on any atom is 0.331 e. The van der Waals surface area contributed by atoms with Crippen LogP contribution in [0.5, 0.6) is 0 Å².